The molecule has 3 aliphatic rings. The van der Waals surface area contributed by atoms with Crippen molar-refractivity contribution in [3.8, 4) is 33.5 Å². The van der Waals surface area contributed by atoms with E-state index in [1.807, 2.05) is 24.5 Å². The fraction of sp³-hybridized carbons (Fsp3) is 0.130. The molecule has 7 aromatic rings. The maximum atomic E-state index is 5.64. The van der Waals surface area contributed by atoms with Crippen molar-refractivity contribution in [1.82, 2.24) is 10.3 Å². The third-order valence-electron chi connectivity index (χ3n) is 12.0. The summed E-state index contributed by atoms with van der Waals surface area (Å²) in [6.07, 6.45) is 18.2. The number of aliphatic imine (C=N–C) groups is 2. The van der Waals surface area contributed by atoms with E-state index in [9.17, 15) is 0 Å². The lowest BCUT2D eigenvalue weighted by Crippen LogP contribution is -2.43. The maximum absolute atomic E-state index is 5.64. The number of hydrogen-bond acceptors (Lipinski definition) is 4. The van der Waals surface area contributed by atoms with Crippen LogP contribution in [0.2, 0.25) is 0 Å². The molecule has 1 N–H and O–H groups in total. The zero-order chi connectivity index (χ0) is 39.1. The first kappa shape index (κ1) is 35.5. The van der Waals surface area contributed by atoms with Gasteiger partial charge in [0.1, 0.15) is 0 Å². The number of allylic oxidation sites excluding steroid dienone is 4. The van der Waals surface area contributed by atoms with Gasteiger partial charge >= 0.3 is 0 Å². The molecule has 1 aliphatic carbocycles. The Morgan fingerprint density at radius 1 is 0.655 bits per heavy atom. The number of benzene rings is 6. The first-order chi connectivity index (χ1) is 28.5. The standard InChI is InChI=1S/C54H44N4/c1-36-12-11-31-56-53(36)42-28-26-41(27-29-42)52-35-51(40-24-22-39(23-25-40)50-21-7-8-30-55-50)57-54(2,58-52)45-33-43(48-19-9-15-37-13-3-5-17-46(37)48)32-44(34-45)49-20-10-16-38-14-4-6-18-47(38)49/h3-26,28-36,41,53,58H,27H2,1-2H3. The zero-order valence-electron chi connectivity index (χ0n) is 32.8. The molecule has 0 spiro atoms. The highest BCUT2D eigenvalue weighted by Gasteiger charge is 2.34. The molecule has 58 heavy (non-hydrogen) atoms. The SMILES string of the molecule is CC1C=CC=NC1C1=CCC(C2=CC(c3ccc(-c4ccccn4)cc3)=NC(C)(c3cc(-c4cccc5ccccc45)cc(-c4cccc5ccccc45)c3)N2)C=C1. The van der Waals surface area contributed by atoms with Crippen molar-refractivity contribution in [1.29, 1.82) is 0 Å². The van der Waals surface area contributed by atoms with E-state index in [2.05, 4.69) is 194 Å². The van der Waals surface area contributed by atoms with Gasteiger partial charge in [-0.2, -0.15) is 0 Å². The molecule has 10 rings (SSSR count). The molecule has 0 fully saturated rings. The average Bonchev–Trinajstić information content (AvgIpc) is 3.29. The summed E-state index contributed by atoms with van der Waals surface area (Å²) in [6, 6.07) is 52.5. The van der Waals surface area contributed by atoms with Gasteiger partial charge < -0.3 is 5.32 Å². The summed E-state index contributed by atoms with van der Waals surface area (Å²) in [5.41, 5.74) is 11.5. The van der Waals surface area contributed by atoms with E-state index in [-0.39, 0.29) is 12.0 Å². The van der Waals surface area contributed by atoms with Crippen LogP contribution in [-0.4, -0.2) is 23.0 Å². The van der Waals surface area contributed by atoms with E-state index >= 15 is 0 Å². The Balaban J connectivity index is 1.12. The monoisotopic (exact) mass is 748 g/mol. The molecular weight excluding hydrogens is 705 g/mol. The largest absolute Gasteiger partial charge is 0.361 e. The van der Waals surface area contributed by atoms with Gasteiger partial charge in [0.05, 0.1) is 17.4 Å². The molecule has 4 nitrogen and oxygen atoms in total. The predicted molar refractivity (Wildman–Crippen MR) is 243 cm³/mol. The molecule has 0 saturated heterocycles. The Bertz CT molecular complexity index is 2770. The normalized spacial score (nSPS) is 21.3. The first-order valence-corrected chi connectivity index (χ1v) is 20.3. The van der Waals surface area contributed by atoms with E-state index in [1.54, 1.807) is 0 Å². The first-order valence-electron chi connectivity index (χ1n) is 20.3. The molecule has 4 unspecified atom stereocenters. The lowest BCUT2D eigenvalue weighted by Gasteiger charge is -2.37. The van der Waals surface area contributed by atoms with Gasteiger partial charge in [0.2, 0.25) is 0 Å². The minimum atomic E-state index is -0.788. The highest BCUT2D eigenvalue weighted by Crippen LogP contribution is 2.41. The second-order valence-corrected chi connectivity index (χ2v) is 15.8. The molecule has 4 atom stereocenters. The van der Waals surface area contributed by atoms with Gasteiger partial charge in [-0.25, -0.2) is 0 Å². The van der Waals surface area contributed by atoms with Crippen LogP contribution < -0.4 is 5.32 Å². The van der Waals surface area contributed by atoms with E-state index in [0.29, 0.717) is 5.92 Å². The number of dihydropyridines is 1. The van der Waals surface area contributed by atoms with Crippen LogP contribution in [0.25, 0.3) is 55.1 Å². The van der Waals surface area contributed by atoms with E-state index in [4.69, 9.17) is 9.98 Å². The fourth-order valence-electron chi connectivity index (χ4n) is 8.85. The second-order valence-electron chi connectivity index (χ2n) is 15.8. The summed E-state index contributed by atoms with van der Waals surface area (Å²) in [5, 5.41) is 8.93. The maximum Gasteiger partial charge on any atom is 0.153 e. The highest BCUT2D eigenvalue weighted by atomic mass is 15.2. The number of nitrogens with zero attached hydrogens (tertiary/aromatic N) is 3. The van der Waals surface area contributed by atoms with Crippen LogP contribution in [0, 0.1) is 11.8 Å². The molecule has 6 aromatic carbocycles. The Labute approximate surface area is 340 Å². The number of rotatable bonds is 7. The van der Waals surface area contributed by atoms with Gasteiger partial charge in [0.25, 0.3) is 0 Å². The Kier molecular flexibility index (Phi) is 9.10. The topological polar surface area (TPSA) is 49.6 Å². The van der Waals surface area contributed by atoms with Gasteiger partial charge in [-0.15, -0.1) is 0 Å². The summed E-state index contributed by atoms with van der Waals surface area (Å²) >= 11 is 0. The third-order valence-corrected chi connectivity index (χ3v) is 12.0. The lowest BCUT2D eigenvalue weighted by atomic mass is 9.84. The summed E-state index contributed by atoms with van der Waals surface area (Å²) in [5.74, 6) is 0.518. The highest BCUT2D eigenvalue weighted by molar-refractivity contribution is 6.10. The molecule has 1 aromatic heterocycles. The van der Waals surface area contributed by atoms with Gasteiger partial charge in [0, 0.05) is 41.1 Å². The van der Waals surface area contributed by atoms with Gasteiger partial charge in [-0.05, 0) is 111 Å². The van der Waals surface area contributed by atoms with Crippen molar-refractivity contribution in [3.63, 3.8) is 0 Å². The molecule has 0 amide bonds. The van der Waals surface area contributed by atoms with E-state index in [0.717, 1.165) is 51.3 Å². The predicted octanol–water partition coefficient (Wildman–Crippen LogP) is 12.7. The minimum absolute atomic E-state index is 0.151. The van der Waals surface area contributed by atoms with Crippen LogP contribution in [0.15, 0.2) is 210 Å². The molecule has 0 bridgehead atoms. The van der Waals surface area contributed by atoms with Crippen molar-refractivity contribution in [2.75, 3.05) is 0 Å². The molecule has 280 valence electrons. The van der Waals surface area contributed by atoms with Crippen molar-refractivity contribution < 1.29 is 0 Å². The number of hydrogen-bond donors (Lipinski definition) is 1. The molecule has 3 heterocycles. The molecule has 4 heteroatoms. The van der Waals surface area contributed by atoms with Crippen molar-refractivity contribution in [2.24, 2.45) is 21.8 Å². The molecule has 0 saturated carbocycles. The van der Waals surface area contributed by atoms with Crippen LogP contribution in [0.5, 0.6) is 0 Å². The van der Waals surface area contributed by atoms with Crippen LogP contribution in [0.3, 0.4) is 0 Å². The number of fused-ring (bicyclic) bond motifs is 2. The molecule has 0 radical (unpaired) electrons. The Morgan fingerprint density at radius 2 is 1.31 bits per heavy atom. The average molecular weight is 749 g/mol. The minimum Gasteiger partial charge on any atom is -0.361 e. The van der Waals surface area contributed by atoms with Crippen molar-refractivity contribution >= 4 is 33.5 Å². The summed E-state index contributed by atoms with van der Waals surface area (Å²) in [6.45, 7) is 4.48. The summed E-state index contributed by atoms with van der Waals surface area (Å²) in [4.78, 5) is 15.1. The van der Waals surface area contributed by atoms with Gasteiger partial charge in [-0.1, -0.05) is 146 Å². The quantitative estimate of drug-likeness (QED) is 0.176. The third kappa shape index (κ3) is 6.71. The second kappa shape index (κ2) is 14.9. The fourth-order valence-corrected chi connectivity index (χ4v) is 8.85. The summed E-state index contributed by atoms with van der Waals surface area (Å²) in [7, 11) is 0. The zero-order valence-corrected chi connectivity index (χ0v) is 32.8. The van der Waals surface area contributed by atoms with Crippen LogP contribution >= 0.6 is 0 Å². The summed E-state index contributed by atoms with van der Waals surface area (Å²) < 4.78 is 0. The van der Waals surface area contributed by atoms with E-state index < -0.39 is 5.66 Å². The van der Waals surface area contributed by atoms with Crippen LogP contribution in [0.4, 0.5) is 0 Å². The Hall–Kier alpha value is -6.91. The van der Waals surface area contributed by atoms with Gasteiger partial charge in [0.15, 0.2) is 5.66 Å². The molecule has 2 aliphatic heterocycles. The van der Waals surface area contributed by atoms with Crippen molar-refractivity contribution in [2.45, 2.75) is 32.0 Å². The lowest BCUT2D eigenvalue weighted by molar-refractivity contribution is 0.399. The van der Waals surface area contributed by atoms with E-state index in [1.165, 1.54) is 38.2 Å². The Morgan fingerprint density at radius 3 is 1.95 bits per heavy atom. The van der Waals surface area contributed by atoms with Crippen LogP contribution in [0.1, 0.15) is 31.4 Å². The molecular formula is C54H44N4. The van der Waals surface area contributed by atoms with Crippen LogP contribution in [-0.2, 0) is 5.66 Å². The van der Waals surface area contributed by atoms with Gasteiger partial charge in [-0.3, -0.25) is 15.0 Å². The number of aromatic nitrogens is 1. The number of pyridine rings is 1. The van der Waals surface area contributed by atoms with Crippen molar-refractivity contribution in [3.05, 3.63) is 211 Å². The smallest absolute Gasteiger partial charge is 0.153 e. The number of nitrogens with one attached hydrogen (secondary N) is 1.